The smallest absolute Gasteiger partial charge is 0.248 e. The molecule has 0 aliphatic rings. The standard InChI is InChI=1S/C15H22ClNO2/c1-2-5-12(16)8-9-13(18)10-11-6-3-4-7-14(11)15(17)19/h3-4,6-7,12-13,18H,2,5,8-10H2,1H3,(H2,17,19). The van der Waals surface area contributed by atoms with Crippen molar-refractivity contribution >= 4 is 17.5 Å². The average Bonchev–Trinajstić information content (AvgIpc) is 2.37. The van der Waals surface area contributed by atoms with E-state index in [0.29, 0.717) is 18.4 Å². The highest BCUT2D eigenvalue weighted by Gasteiger charge is 2.13. The van der Waals surface area contributed by atoms with Crippen LogP contribution in [0.4, 0.5) is 0 Å². The number of carbonyl (C=O) groups excluding carboxylic acids is 1. The lowest BCUT2D eigenvalue weighted by atomic mass is 9.98. The van der Waals surface area contributed by atoms with Gasteiger partial charge in [0.25, 0.3) is 0 Å². The van der Waals surface area contributed by atoms with E-state index in [4.69, 9.17) is 17.3 Å². The number of aliphatic hydroxyl groups excluding tert-OH is 1. The van der Waals surface area contributed by atoms with Crippen molar-refractivity contribution in [3.05, 3.63) is 35.4 Å². The molecule has 0 fully saturated rings. The van der Waals surface area contributed by atoms with Crippen LogP contribution in [0, 0.1) is 0 Å². The third kappa shape index (κ3) is 5.62. The summed E-state index contributed by atoms with van der Waals surface area (Å²) in [6, 6.07) is 7.13. The fourth-order valence-electron chi connectivity index (χ4n) is 2.13. The Morgan fingerprint density at radius 3 is 2.63 bits per heavy atom. The number of halogens is 1. The van der Waals surface area contributed by atoms with Crippen LogP contribution in [0.1, 0.15) is 48.5 Å². The Hall–Kier alpha value is -1.06. The molecule has 2 atom stereocenters. The summed E-state index contributed by atoms with van der Waals surface area (Å²) < 4.78 is 0. The number of benzene rings is 1. The number of rotatable bonds is 8. The molecule has 0 heterocycles. The molecule has 1 rings (SSSR count). The van der Waals surface area contributed by atoms with Gasteiger partial charge < -0.3 is 10.8 Å². The average molecular weight is 284 g/mol. The first-order valence-corrected chi connectivity index (χ1v) is 7.18. The van der Waals surface area contributed by atoms with Crippen LogP contribution < -0.4 is 5.73 Å². The van der Waals surface area contributed by atoms with E-state index in [0.717, 1.165) is 24.8 Å². The van der Waals surface area contributed by atoms with Gasteiger partial charge in [-0.25, -0.2) is 0 Å². The number of hydrogen-bond donors (Lipinski definition) is 2. The lowest BCUT2D eigenvalue weighted by molar-refractivity contribution is 0.0998. The molecule has 0 aromatic heterocycles. The van der Waals surface area contributed by atoms with Crippen LogP contribution in [0.3, 0.4) is 0 Å². The van der Waals surface area contributed by atoms with E-state index >= 15 is 0 Å². The Balaban J connectivity index is 2.52. The zero-order valence-electron chi connectivity index (χ0n) is 11.3. The molecule has 19 heavy (non-hydrogen) atoms. The molecule has 3 N–H and O–H groups in total. The van der Waals surface area contributed by atoms with Crippen molar-refractivity contribution in [1.82, 2.24) is 0 Å². The van der Waals surface area contributed by atoms with Gasteiger partial charge in [0, 0.05) is 10.9 Å². The zero-order chi connectivity index (χ0) is 14.3. The highest BCUT2D eigenvalue weighted by atomic mass is 35.5. The second kappa shape index (κ2) is 8.18. The van der Waals surface area contributed by atoms with Crippen LogP contribution in [0.2, 0.25) is 0 Å². The SMILES string of the molecule is CCCC(Cl)CCC(O)Cc1ccccc1C(N)=O. The first-order chi connectivity index (χ1) is 9.04. The van der Waals surface area contributed by atoms with Gasteiger partial charge in [-0.15, -0.1) is 11.6 Å². The second-order valence-corrected chi connectivity index (χ2v) is 5.46. The Bertz CT molecular complexity index is 409. The summed E-state index contributed by atoms with van der Waals surface area (Å²) >= 11 is 6.12. The van der Waals surface area contributed by atoms with Gasteiger partial charge in [-0.3, -0.25) is 4.79 Å². The van der Waals surface area contributed by atoms with Crippen LogP contribution in [-0.2, 0) is 6.42 Å². The summed E-state index contributed by atoms with van der Waals surface area (Å²) in [5, 5.41) is 10.1. The summed E-state index contributed by atoms with van der Waals surface area (Å²) in [6.45, 7) is 2.09. The van der Waals surface area contributed by atoms with Gasteiger partial charge in [-0.05, 0) is 37.3 Å². The first-order valence-electron chi connectivity index (χ1n) is 6.74. The Morgan fingerprint density at radius 2 is 2.00 bits per heavy atom. The molecule has 0 bridgehead atoms. The lowest BCUT2D eigenvalue weighted by Crippen LogP contribution is -2.18. The van der Waals surface area contributed by atoms with Crippen LogP contribution in [0.25, 0.3) is 0 Å². The van der Waals surface area contributed by atoms with Crippen LogP contribution >= 0.6 is 11.6 Å². The fourth-order valence-corrected chi connectivity index (χ4v) is 2.47. The van der Waals surface area contributed by atoms with E-state index in [1.54, 1.807) is 12.1 Å². The predicted molar refractivity (Wildman–Crippen MR) is 78.5 cm³/mol. The van der Waals surface area contributed by atoms with Gasteiger partial charge in [0.2, 0.25) is 5.91 Å². The van der Waals surface area contributed by atoms with Gasteiger partial charge in [-0.1, -0.05) is 31.5 Å². The highest BCUT2D eigenvalue weighted by molar-refractivity contribution is 6.20. The normalized spacial score (nSPS) is 14.1. The van der Waals surface area contributed by atoms with Crippen molar-refractivity contribution in [1.29, 1.82) is 0 Å². The van der Waals surface area contributed by atoms with Crippen molar-refractivity contribution in [3.63, 3.8) is 0 Å². The quantitative estimate of drug-likeness (QED) is 0.721. The molecule has 3 nitrogen and oxygen atoms in total. The van der Waals surface area contributed by atoms with E-state index in [9.17, 15) is 9.90 Å². The molecule has 0 spiro atoms. The maximum Gasteiger partial charge on any atom is 0.248 e. The van der Waals surface area contributed by atoms with E-state index in [1.165, 1.54) is 0 Å². The van der Waals surface area contributed by atoms with Gasteiger partial charge >= 0.3 is 0 Å². The summed E-state index contributed by atoms with van der Waals surface area (Å²) in [5.74, 6) is -0.455. The number of aliphatic hydroxyl groups is 1. The van der Waals surface area contributed by atoms with Crippen molar-refractivity contribution < 1.29 is 9.90 Å². The molecular formula is C15H22ClNO2. The number of carbonyl (C=O) groups is 1. The van der Waals surface area contributed by atoms with Gasteiger partial charge in [0.05, 0.1) is 6.10 Å². The number of hydrogen-bond acceptors (Lipinski definition) is 2. The second-order valence-electron chi connectivity index (χ2n) is 4.84. The maximum absolute atomic E-state index is 11.3. The molecule has 0 radical (unpaired) electrons. The molecular weight excluding hydrogens is 262 g/mol. The summed E-state index contributed by atoms with van der Waals surface area (Å²) in [6.07, 6.45) is 3.39. The molecule has 0 saturated heterocycles. The minimum Gasteiger partial charge on any atom is -0.393 e. The molecule has 1 aromatic rings. The molecule has 106 valence electrons. The van der Waals surface area contributed by atoms with E-state index in [2.05, 4.69) is 6.92 Å². The fraction of sp³-hybridized carbons (Fsp3) is 0.533. The zero-order valence-corrected chi connectivity index (χ0v) is 12.1. The summed E-state index contributed by atoms with van der Waals surface area (Å²) in [4.78, 5) is 11.3. The maximum atomic E-state index is 11.3. The Morgan fingerprint density at radius 1 is 1.32 bits per heavy atom. The van der Waals surface area contributed by atoms with Crippen molar-refractivity contribution in [2.24, 2.45) is 5.73 Å². The van der Waals surface area contributed by atoms with E-state index in [-0.39, 0.29) is 5.38 Å². The van der Waals surface area contributed by atoms with Gasteiger partial charge in [0.15, 0.2) is 0 Å². The Kier molecular flexibility index (Phi) is 6.89. The molecule has 1 amide bonds. The molecule has 0 aliphatic carbocycles. The third-order valence-electron chi connectivity index (χ3n) is 3.15. The molecule has 4 heteroatoms. The lowest BCUT2D eigenvalue weighted by Gasteiger charge is -2.14. The van der Waals surface area contributed by atoms with E-state index < -0.39 is 12.0 Å². The highest BCUT2D eigenvalue weighted by Crippen LogP contribution is 2.17. The molecule has 0 aliphatic heterocycles. The van der Waals surface area contributed by atoms with Crippen LogP contribution in [0.15, 0.2) is 24.3 Å². The molecule has 0 saturated carbocycles. The molecule has 1 aromatic carbocycles. The van der Waals surface area contributed by atoms with Crippen molar-refractivity contribution in [2.45, 2.75) is 50.5 Å². The van der Waals surface area contributed by atoms with Gasteiger partial charge in [-0.2, -0.15) is 0 Å². The summed E-state index contributed by atoms with van der Waals surface area (Å²) in [5.41, 5.74) is 6.59. The number of primary amides is 1. The number of alkyl halides is 1. The van der Waals surface area contributed by atoms with Crippen LogP contribution in [0.5, 0.6) is 0 Å². The van der Waals surface area contributed by atoms with Crippen molar-refractivity contribution in [2.75, 3.05) is 0 Å². The monoisotopic (exact) mass is 283 g/mol. The number of amides is 1. The predicted octanol–water partition coefficient (Wildman–Crippen LogP) is 2.88. The van der Waals surface area contributed by atoms with Crippen LogP contribution in [-0.4, -0.2) is 22.5 Å². The largest absolute Gasteiger partial charge is 0.393 e. The van der Waals surface area contributed by atoms with Gasteiger partial charge in [0.1, 0.15) is 0 Å². The molecule has 2 unspecified atom stereocenters. The first kappa shape index (κ1) is 16.0. The summed E-state index contributed by atoms with van der Waals surface area (Å²) in [7, 11) is 0. The minimum atomic E-state index is -0.487. The Labute approximate surface area is 119 Å². The third-order valence-corrected chi connectivity index (χ3v) is 3.59. The topological polar surface area (TPSA) is 63.3 Å². The number of nitrogens with two attached hydrogens (primary N) is 1. The van der Waals surface area contributed by atoms with E-state index in [1.807, 2.05) is 12.1 Å². The minimum absolute atomic E-state index is 0.117. The van der Waals surface area contributed by atoms with Crippen molar-refractivity contribution in [3.8, 4) is 0 Å².